The third-order valence-corrected chi connectivity index (χ3v) is 4.17. The summed E-state index contributed by atoms with van der Waals surface area (Å²) < 4.78 is 17.1. The van der Waals surface area contributed by atoms with Gasteiger partial charge in [-0.15, -0.1) is 0 Å². The predicted octanol–water partition coefficient (Wildman–Crippen LogP) is 5.73. The van der Waals surface area contributed by atoms with E-state index in [4.69, 9.17) is 14.2 Å². The zero-order chi connectivity index (χ0) is 20.4. The Bertz CT molecular complexity index is 764. The number of ketones is 1. The van der Waals surface area contributed by atoms with Gasteiger partial charge in [0.05, 0.1) is 19.8 Å². The third kappa shape index (κ3) is 5.88. The topological polar surface area (TPSA) is 44.8 Å². The second kappa shape index (κ2) is 11.2. The Morgan fingerprint density at radius 1 is 0.857 bits per heavy atom. The molecule has 0 N–H and O–H groups in total. The molecule has 0 saturated heterocycles. The molecule has 0 fully saturated rings. The van der Waals surface area contributed by atoms with E-state index in [2.05, 4.69) is 6.92 Å². The maximum Gasteiger partial charge on any atom is 0.185 e. The van der Waals surface area contributed by atoms with Crippen molar-refractivity contribution in [1.29, 1.82) is 0 Å². The van der Waals surface area contributed by atoms with E-state index in [1.165, 1.54) is 0 Å². The second-order valence-electron chi connectivity index (χ2n) is 6.27. The van der Waals surface area contributed by atoms with Gasteiger partial charge >= 0.3 is 0 Å². The van der Waals surface area contributed by atoms with Gasteiger partial charge in [-0.2, -0.15) is 0 Å². The zero-order valence-electron chi connectivity index (χ0n) is 17.3. The molecule has 0 saturated carbocycles. The summed E-state index contributed by atoms with van der Waals surface area (Å²) in [5, 5.41) is 0. The van der Waals surface area contributed by atoms with Crippen LogP contribution in [-0.4, -0.2) is 25.6 Å². The Morgan fingerprint density at radius 3 is 1.93 bits per heavy atom. The van der Waals surface area contributed by atoms with Crippen molar-refractivity contribution in [2.75, 3.05) is 19.8 Å². The van der Waals surface area contributed by atoms with Crippen LogP contribution in [0.2, 0.25) is 0 Å². The molecule has 0 bridgehead atoms. The third-order valence-electron chi connectivity index (χ3n) is 4.17. The van der Waals surface area contributed by atoms with E-state index in [-0.39, 0.29) is 5.78 Å². The first-order chi connectivity index (χ1) is 13.6. The first kappa shape index (κ1) is 21.5. The predicted molar refractivity (Wildman–Crippen MR) is 114 cm³/mol. The number of allylic oxidation sites excluding steroid dienone is 1. The van der Waals surface area contributed by atoms with Gasteiger partial charge in [-0.1, -0.05) is 19.4 Å². The molecule has 2 rings (SSSR count). The van der Waals surface area contributed by atoms with Crippen LogP contribution in [-0.2, 0) is 6.42 Å². The molecule has 0 aliphatic rings. The van der Waals surface area contributed by atoms with E-state index in [9.17, 15) is 4.79 Å². The monoisotopic (exact) mass is 382 g/mol. The van der Waals surface area contributed by atoms with Crippen LogP contribution in [0.1, 0.15) is 55.6 Å². The van der Waals surface area contributed by atoms with Crippen molar-refractivity contribution in [2.45, 2.75) is 40.5 Å². The number of hydrogen-bond acceptors (Lipinski definition) is 4. The van der Waals surface area contributed by atoms with E-state index in [1.807, 2.05) is 45.0 Å². The fourth-order valence-electron chi connectivity index (χ4n) is 2.95. The standard InChI is InChI=1S/C24H30O4/c1-5-9-21-23(27-7-3)16-18(17-24(21)28-8-4)10-15-22(25)19-11-13-20(14-12-19)26-6-2/h10-17H,5-9H2,1-4H3. The minimum atomic E-state index is -0.0587. The van der Waals surface area contributed by atoms with Gasteiger partial charge < -0.3 is 14.2 Å². The van der Waals surface area contributed by atoms with Crippen LogP contribution >= 0.6 is 0 Å². The molecule has 4 heteroatoms. The summed E-state index contributed by atoms with van der Waals surface area (Å²) >= 11 is 0. The van der Waals surface area contributed by atoms with Crippen molar-refractivity contribution in [2.24, 2.45) is 0 Å². The first-order valence-electron chi connectivity index (χ1n) is 10.0. The summed E-state index contributed by atoms with van der Waals surface area (Å²) in [6.45, 7) is 9.77. The van der Waals surface area contributed by atoms with Crippen LogP contribution in [0.15, 0.2) is 42.5 Å². The molecule has 0 amide bonds. The normalized spacial score (nSPS) is 10.9. The first-order valence-corrected chi connectivity index (χ1v) is 10.0. The van der Waals surface area contributed by atoms with Gasteiger partial charge in [0, 0.05) is 11.1 Å². The number of carbonyl (C=O) groups is 1. The van der Waals surface area contributed by atoms with Crippen molar-refractivity contribution in [3.63, 3.8) is 0 Å². The van der Waals surface area contributed by atoms with Crippen molar-refractivity contribution in [3.8, 4) is 17.2 Å². The number of benzene rings is 2. The summed E-state index contributed by atoms with van der Waals surface area (Å²) in [7, 11) is 0. The van der Waals surface area contributed by atoms with Gasteiger partial charge in [0.15, 0.2) is 5.78 Å². The highest BCUT2D eigenvalue weighted by Crippen LogP contribution is 2.33. The number of rotatable bonds is 11. The lowest BCUT2D eigenvalue weighted by molar-refractivity contribution is 0.104. The molecule has 0 aromatic heterocycles. The molecule has 150 valence electrons. The molecule has 28 heavy (non-hydrogen) atoms. The van der Waals surface area contributed by atoms with Crippen LogP contribution in [0.4, 0.5) is 0 Å². The molecular weight excluding hydrogens is 352 g/mol. The molecule has 0 unspecified atom stereocenters. The quantitative estimate of drug-likeness (QED) is 0.368. The molecule has 0 aliphatic carbocycles. The second-order valence-corrected chi connectivity index (χ2v) is 6.27. The lowest BCUT2D eigenvalue weighted by Crippen LogP contribution is -2.02. The molecule has 0 radical (unpaired) electrons. The average Bonchev–Trinajstić information content (AvgIpc) is 2.70. The molecule has 0 aliphatic heterocycles. The van der Waals surface area contributed by atoms with Gasteiger partial charge in [-0.05, 0) is 75.2 Å². The lowest BCUT2D eigenvalue weighted by atomic mass is 10.0. The van der Waals surface area contributed by atoms with Gasteiger partial charge in [0.2, 0.25) is 0 Å². The average molecular weight is 383 g/mol. The fourth-order valence-corrected chi connectivity index (χ4v) is 2.95. The summed E-state index contributed by atoms with van der Waals surface area (Å²) in [6.07, 6.45) is 5.28. The molecule has 0 spiro atoms. The SMILES string of the molecule is CCCc1c(OCC)cc(C=CC(=O)c2ccc(OCC)cc2)cc1OCC. The largest absolute Gasteiger partial charge is 0.494 e. The maximum atomic E-state index is 12.5. The van der Waals surface area contributed by atoms with Crippen molar-refractivity contribution in [3.05, 3.63) is 59.2 Å². The Kier molecular flexibility index (Phi) is 8.60. The Balaban J connectivity index is 2.26. The van der Waals surface area contributed by atoms with E-state index >= 15 is 0 Å². The Labute approximate surface area is 168 Å². The van der Waals surface area contributed by atoms with E-state index < -0.39 is 0 Å². The fraction of sp³-hybridized carbons (Fsp3) is 0.375. The highest BCUT2D eigenvalue weighted by molar-refractivity contribution is 6.06. The van der Waals surface area contributed by atoms with Gasteiger partial charge in [0.25, 0.3) is 0 Å². The van der Waals surface area contributed by atoms with Crippen molar-refractivity contribution in [1.82, 2.24) is 0 Å². The number of carbonyl (C=O) groups excluding carboxylic acids is 1. The van der Waals surface area contributed by atoms with Crippen LogP contribution in [0.25, 0.3) is 6.08 Å². The Hall–Kier alpha value is -2.75. The highest BCUT2D eigenvalue weighted by Gasteiger charge is 2.12. The van der Waals surface area contributed by atoms with Crippen LogP contribution in [0.3, 0.4) is 0 Å². The molecule has 2 aromatic carbocycles. The van der Waals surface area contributed by atoms with Crippen LogP contribution in [0, 0.1) is 0 Å². The maximum absolute atomic E-state index is 12.5. The van der Waals surface area contributed by atoms with Crippen molar-refractivity contribution < 1.29 is 19.0 Å². The van der Waals surface area contributed by atoms with E-state index in [1.54, 1.807) is 24.3 Å². The van der Waals surface area contributed by atoms with Gasteiger partial charge in [0.1, 0.15) is 17.2 Å². The lowest BCUT2D eigenvalue weighted by Gasteiger charge is -2.16. The molecule has 0 atom stereocenters. The van der Waals surface area contributed by atoms with E-state index in [0.29, 0.717) is 25.4 Å². The number of hydrogen-bond donors (Lipinski definition) is 0. The molecule has 4 nitrogen and oxygen atoms in total. The summed E-state index contributed by atoms with van der Waals surface area (Å²) in [6, 6.07) is 11.1. The van der Waals surface area contributed by atoms with Crippen LogP contribution < -0.4 is 14.2 Å². The number of ether oxygens (including phenoxy) is 3. The Morgan fingerprint density at radius 2 is 1.43 bits per heavy atom. The molecule has 0 heterocycles. The molecule has 2 aromatic rings. The minimum Gasteiger partial charge on any atom is -0.494 e. The summed E-state index contributed by atoms with van der Waals surface area (Å²) in [4.78, 5) is 12.5. The van der Waals surface area contributed by atoms with Crippen molar-refractivity contribution >= 4 is 11.9 Å². The van der Waals surface area contributed by atoms with E-state index in [0.717, 1.165) is 41.2 Å². The van der Waals surface area contributed by atoms with Gasteiger partial charge in [-0.25, -0.2) is 0 Å². The summed E-state index contributed by atoms with van der Waals surface area (Å²) in [5.74, 6) is 2.35. The van der Waals surface area contributed by atoms with Crippen LogP contribution in [0.5, 0.6) is 17.2 Å². The molecular formula is C24H30O4. The minimum absolute atomic E-state index is 0.0587. The van der Waals surface area contributed by atoms with Gasteiger partial charge in [-0.3, -0.25) is 4.79 Å². The smallest absolute Gasteiger partial charge is 0.185 e. The summed E-state index contributed by atoms with van der Waals surface area (Å²) in [5.41, 5.74) is 2.59. The highest BCUT2D eigenvalue weighted by atomic mass is 16.5. The zero-order valence-corrected chi connectivity index (χ0v) is 17.3.